The predicted octanol–water partition coefficient (Wildman–Crippen LogP) is 6.56. The minimum atomic E-state index is -0.543. The second-order valence-corrected chi connectivity index (χ2v) is 9.67. The highest BCUT2D eigenvalue weighted by Crippen LogP contribution is 2.34. The molecule has 0 bridgehead atoms. The van der Waals surface area contributed by atoms with Crippen LogP contribution in [0.2, 0.25) is 5.02 Å². The molecule has 1 unspecified atom stereocenters. The third-order valence-corrected chi connectivity index (χ3v) is 6.77. The molecule has 196 valence electrons. The summed E-state index contributed by atoms with van der Waals surface area (Å²) in [5, 5.41) is 3.28. The molecule has 0 saturated carbocycles. The Balaban J connectivity index is 1.34. The maximum Gasteiger partial charge on any atom is 0.225 e. The number of fused-ring (bicyclic) bond motifs is 1. The number of nitrogens with one attached hydrogen (secondary N) is 1. The largest absolute Gasteiger partial charge is 0.373 e. The van der Waals surface area contributed by atoms with Crippen LogP contribution in [0.15, 0.2) is 72.8 Å². The Bertz CT molecular complexity index is 1430. The molecule has 1 amide bonds. The van der Waals surface area contributed by atoms with Crippen LogP contribution in [0, 0.1) is 11.6 Å². The molecule has 6 nitrogen and oxygen atoms in total. The van der Waals surface area contributed by atoms with E-state index in [0.29, 0.717) is 54.8 Å². The van der Waals surface area contributed by atoms with E-state index in [4.69, 9.17) is 21.3 Å². The minimum Gasteiger partial charge on any atom is -0.373 e. The summed E-state index contributed by atoms with van der Waals surface area (Å²) in [5.41, 5.74) is 2.84. The van der Waals surface area contributed by atoms with Gasteiger partial charge in [0, 0.05) is 24.3 Å². The van der Waals surface area contributed by atoms with Crippen LogP contribution < -0.4 is 5.32 Å². The summed E-state index contributed by atoms with van der Waals surface area (Å²) in [7, 11) is 0. The summed E-state index contributed by atoms with van der Waals surface area (Å²) >= 11 is 5.85. The average molecular weight is 537 g/mol. The molecule has 1 aliphatic heterocycles. The molecule has 0 fully saturated rings. The van der Waals surface area contributed by atoms with Gasteiger partial charge in [-0.2, -0.15) is 0 Å². The van der Waals surface area contributed by atoms with Gasteiger partial charge in [0.15, 0.2) is 0 Å². The van der Waals surface area contributed by atoms with Crippen molar-refractivity contribution in [1.29, 1.82) is 0 Å². The van der Waals surface area contributed by atoms with Gasteiger partial charge in [-0.1, -0.05) is 41.9 Å². The van der Waals surface area contributed by atoms with E-state index < -0.39 is 5.82 Å². The van der Waals surface area contributed by atoms with E-state index in [1.807, 2.05) is 41.8 Å². The van der Waals surface area contributed by atoms with Crippen LogP contribution in [-0.2, 0) is 29.2 Å². The second-order valence-electron chi connectivity index (χ2n) is 9.26. The van der Waals surface area contributed by atoms with Gasteiger partial charge in [-0.05, 0) is 55.0 Å². The van der Waals surface area contributed by atoms with Gasteiger partial charge in [0.05, 0.1) is 30.7 Å². The molecule has 1 N–H and O–H groups in total. The summed E-state index contributed by atoms with van der Waals surface area (Å²) in [6, 6.07) is 20.3. The van der Waals surface area contributed by atoms with Gasteiger partial charge in [-0.15, -0.1) is 0 Å². The zero-order valence-electron chi connectivity index (χ0n) is 20.8. The van der Waals surface area contributed by atoms with Gasteiger partial charge >= 0.3 is 0 Å². The van der Waals surface area contributed by atoms with E-state index in [-0.39, 0.29) is 29.3 Å². The molecule has 4 aromatic rings. The van der Waals surface area contributed by atoms with Gasteiger partial charge in [-0.25, -0.2) is 13.8 Å². The monoisotopic (exact) mass is 536 g/mol. The van der Waals surface area contributed by atoms with Crippen LogP contribution in [0.3, 0.4) is 0 Å². The molecule has 0 aliphatic carbocycles. The highest BCUT2D eigenvalue weighted by atomic mass is 35.5. The fourth-order valence-electron chi connectivity index (χ4n) is 4.44. The summed E-state index contributed by atoms with van der Waals surface area (Å²) in [6.07, 6.45) is 0.0178. The smallest absolute Gasteiger partial charge is 0.225 e. The number of anilines is 2. The SMILES string of the molecule is CC(CC(=O)N1CCn2c(nc(-c3ccc(F)cc3)c2Nc2ccc(Cl)c(F)c2)C1)OCc1ccccc1. The summed E-state index contributed by atoms with van der Waals surface area (Å²) in [6.45, 7) is 3.63. The number of halogens is 3. The second kappa shape index (κ2) is 11.3. The first-order valence-corrected chi connectivity index (χ1v) is 12.8. The van der Waals surface area contributed by atoms with Crippen molar-refractivity contribution in [3.8, 4) is 11.3 Å². The van der Waals surface area contributed by atoms with Crippen molar-refractivity contribution in [2.45, 2.75) is 39.1 Å². The molecule has 38 heavy (non-hydrogen) atoms. The molecule has 1 atom stereocenters. The van der Waals surface area contributed by atoms with Crippen LogP contribution in [0.5, 0.6) is 0 Å². The average Bonchev–Trinajstić information content (AvgIpc) is 3.28. The molecule has 0 saturated heterocycles. The fourth-order valence-corrected chi connectivity index (χ4v) is 4.55. The first-order valence-electron chi connectivity index (χ1n) is 12.4. The van der Waals surface area contributed by atoms with Crippen LogP contribution in [0.1, 0.15) is 24.7 Å². The summed E-state index contributed by atoms with van der Waals surface area (Å²) < 4.78 is 35.6. The third kappa shape index (κ3) is 5.87. The lowest BCUT2D eigenvalue weighted by Gasteiger charge is -2.29. The van der Waals surface area contributed by atoms with Crippen molar-refractivity contribution in [3.63, 3.8) is 0 Å². The third-order valence-electron chi connectivity index (χ3n) is 6.46. The van der Waals surface area contributed by atoms with Crippen molar-refractivity contribution >= 4 is 29.0 Å². The van der Waals surface area contributed by atoms with E-state index in [9.17, 15) is 13.6 Å². The predicted molar refractivity (Wildman–Crippen MR) is 143 cm³/mol. The van der Waals surface area contributed by atoms with Crippen LogP contribution in [0.4, 0.5) is 20.3 Å². The van der Waals surface area contributed by atoms with Gasteiger partial charge in [0.2, 0.25) is 5.91 Å². The normalized spacial score (nSPS) is 13.7. The standard InChI is InChI=1S/C29H27ClF2N4O2/c1-19(38-18-20-5-3-2-4-6-20)15-27(37)35-13-14-36-26(17-35)34-28(21-7-9-22(31)10-8-21)29(36)33-23-11-12-24(30)25(32)16-23/h2-12,16,19,33H,13-15,17-18H2,1H3. The van der Waals surface area contributed by atoms with E-state index in [2.05, 4.69) is 5.32 Å². The number of rotatable bonds is 8. The summed E-state index contributed by atoms with van der Waals surface area (Å²) in [4.78, 5) is 19.7. The van der Waals surface area contributed by atoms with Gasteiger partial charge in [0.1, 0.15) is 29.0 Å². The molecular weight excluding hydrogens is 510 g/mol. The molecule has 5 rings (SSSR count). The number of aromatic nitrogens is 2. The molecular formula is C29H27ClF2N4O2. The van der Waals surface area contributed by atoms with Crippen molar-refractivity contribution < 1.29 is 18.3 Å². The topological polar surface area (TPSA) is 59.4 Å². The Hall–Kier alpha value is -3.75. The quantitative estimate of drug-likeness (QED) is 0.277. The van der Waals surface area contributed by atoms with Crippen molar-refractivity contribution in [3.05, 3.63) is 101 Å². The molecule has 9 heteroatoms. The Morgan fingerprint density at radius 1 is 1.08 bits per heavy atom. The van der Waals surface area contributed by atoms with Gasteiger partial charge < -0.3 is 19.5 Å². The number of ether oxygens (including phenoxy) is 1. The van der Waals surface area contributed by atoms with Crippen LogP contribution in [0.25, 0.3) is 11.3 Å². The zero-order valence-corrected chi connectivity index (χ0v) is 21.6. The van der Waals surface area contributed by atoms with E-state index in [1.165, 1.54) is 24.3 Å². The lowest BCUT2D eigenvalue weighted by molar-refractivity contribution is -0.135. The maximum absolute atomic E-state index is 14.1. The highest BCUT2D eigenvalue weighted by molar-refractivity contribution is 6.30. The molecule has 0 spiro atoms. The first-order chi connectivity index (χ1) is 18.4. The van der Waals surface area contributed by atoms with Crippen molar-refractivity contribution in [2.75, 3.05) is 11.9 Å². The Labute approximate surface area is 224 Å². The number of carbonyl (C=O) groups excluding carboxylic acids is 1. The zero-order chi connectivity index (χ0) is 26.6. The molecule has 1 aromatic heterocycles. The van der Waals surface area contributed by atoms with Crippen molar-refractivity contribution in [1.82, 2.24) is 14.5 Å². The van der Waals surface area contributed by atoms with Crippen LogP contribution >= 0.6 is 11.6 Å². The summed E-state index contributed by atoms with van der Waals surface area (Å²) in [5.74, 6) is 0.405. The Morgan fingerprint density at radius 2 is 1.84 bits per heavy atom. The fraction of sp³-hybridized carbons (Fsp3) is 0.241. The number of carbonyl (C=O) groups is 1. The number of benzene rings is 3. The van der Waals surface area contributed by atoms with E-state index in [0.717, 1.165) is 5.56 Å². The molecule has 3 aromatic carbocycles. The molecule has 1 aliphatic rings. The Kier molecular flexibility index (Phi) is 7.72. The number of nitrogens with zero attached hydrogens (tertiary/aromatic N) is 3. The first kappa shape index (κ1) is 25.9. The van der Waals surface area contributed by atoms with Gasteiger partial charge in [-0.3, -0.25) is 4.79 Å². The van der Waals surface area contributed by atoms with E-state index >= 15 is 0 Å². The Morgan fingerprint density at radius 3 is 2.58 bits per heavy atom. The lowest BCUT2D eigenvalue weighted by atomic mass is 10.1. The number of hydrogen-bond donors (Lipinski definition) is 1. The molecule has 0 radical (unpaired) electrons. The van der Waals surface area contributed by atoms with E-state index in [1.54, 1.807) is 23.1 Å². The van der Waals surface area contributed by atoms with Crippen molar-refractivity contribution in [2.24, 2.45) is 0 Å². The molecule has 2 heterocycles. The number of amides is 1. The lowest BCUT2D eigenvalue weighted by Crippen LogP contribution is -2.39. The number of hydrogen-bond acceptors (Lipinski definition) is 4. The van der Waals surface area contributed by atoms with Gasteiger partial charge in [0.25, 0.3) is 0 Å². The maximum atomic E-state index is 14.1. The van der Waals surface area contributed by atoms with Crippen LogP contribution in [-0.4, -0.2) is 33.0 Å². The number of imidazole rings is 1. The highest BCUT2D eigenvalue weighted by Gasteiger charge is 2.28. The minimum absolute atomic E-state index is 0.0163.